The lowest BCUT2D eigenvalue weighted by Crippen LogP contribution is -2.41. The monoisotopic (exact) mass is 312 g/mol. The predicted octanol–water partition coefficient (Wildman–Crippen LogP) is 3.90. The second-order valence-corrected chi connectivity index (χ2v) is 6.55. The Morgan fingerprint density at radius 2 is 1.78 bits per heavy atom. The van der Waals surface area contributed by atoms with E-state index in [1.54, 1.807) is 0 Å². The summed E-state index contributed by atoms with van der Waals surface area (Å²) >= 11 is 3.43. The van der Waals surface area contributed by atoms with Crippen molar-refractivity contribution in [3.05, 3.63) is 28.5 Å². The third-order valence-electron chi connectivity index (χ3n) is 3.59. The lowest BCUT2D eigenvalue weighted by atomic mass is 9.78. The van der Waals surface area contributed by atoms with Gasteiger partial charge < -0.3 is 5.32 Å². The summed E-state index contributed by atoms with van der Waals surface area (Å²) in [6, 6.07) is 4.65. The summed E-state index contributed by atoms with van der Waals surface area (Å²) in [5.74, 6) is 2.02. The highest BCUT2D eigenvalue weighted by atomic mass is 79.9. The van der Waals surface area contributed by atoms with E-state index in [9.17, 15) is 0 Å². The quantitative estimate of drug-likeness (QED) is 0.861. The Hall–Kier alpha value is -0.410. The van der Waals surface area contributed by atoms with Gasteiger partial charge in [-0.15, -0.1) is 0 Å². The van der Waals surface area contributed by atoms with Gasteiger partial charge in [0.15, 0.2) is 0 Å². The van der Waals surface area contributed by atoms with Crippen LogP contribution in [0.4, 0.5) is 0 Å². The summed E-state index contributed by atoms with van der Waals surface area (Å²) in [6.45, 7) is 9.24. The van der Waals surface area contributed by atoms with Crippen molar-refractivity contribution in [1.82, 2.24) is 10.3 Å². The molecule has 1 atom stereocenters. The van der Waals surface area contributed by atoms with Gasteiger partial charge in [0.25, 0.3) is 0 Å². The van der Waals surface area contributed by atoms with Gasteiger partial charge in [-0.1, -0.05) is 27.7 Å². The van der Waals surface area contributed by atoms with Gasteiger partial charge in [0.2, 0.25) is 0 Å². The Morgan fingerprint density at radius 1 is 1.17 bits per heavy atom. The van der Waals surface area contributed by atoms with Gasteiger partial charge in [-0.3, -0.25) is 4.98 Å². The Labute approximate surface area is 120 Å². The van der Waals surface area contributed by atoms with E-state index in [0.29, 0.717) is 23.8 Å². The molecule has 1 aromatic rings. The van der Waals surface area contributed by atoms with Crippen LogP contribution in [0.2, 0.25) is 0 Å². The third kappa shape index (κ3) is 4.36. The molecule has 18 heavy (non-hydrogen) atoms. The van der Waals surface area contributed by atoms with Crippen molar-refractivity contribution in [2.45, 2.75) is 40.2 Å². The van der Waals surface area contributed by atoms with Crippen molar-refractivity contribution in [1.29, 1.82) is 0 Å². The van der Waals surface area contributed by atoms with E-state index >= 15 is 0 Å². The zero-order chi connectivity index (χ0) is 13.7. The van der Waals surface area contributed by atoms with Gasteiger partial charge in [0.05, 0.1) is 0 Å². The van der Waals surface area contributed by atoms with E-state index in [1.807, 2.05) is 6.20 Å². The summed E-state index contributed by atoms with van der Waals surface area (Å²) < 4.78 is 1.04. The van der Waals surface area contributed by atoms with Crippen molar-refractivity contribution < 1.29 is 0 Å². The number of rotatable bonds is 6. The molecule has 1 heterocycles. The topological polar surface area (TPSA) is 24.9 Å². The van der Waals surface area contributed by atoms with Crippen LogP contribution in [0, 0.1) is 17.8 Å². The normalized spacial score (nSPS) is 13.6. The highest BCUT2D eigenvalue weighted by molar-refractivity contribution is 9.10. The van der Waals surface area contributed by atoms with Gasteiger partial charge in [-0.2, -0.15) is 0 Å². The first kappa shape index (κ1) is 15.6. The van der Waals surface area contributed by atoms with Crippen LogP contribution in [0.1, 0.15) is 33.4 Å². The number of aromatic nitrogens is 1. The Kier molecular flexibility index (Phi) is 6.30. The number of hydrogen-bond donors (Lipinski definition) is 1. The van der Waals surface area contributed by atoms with Gasteiger partial charge in [0, 0.05) is 28.8 Å². The first-order chi connectivity index (χ1) is 8.45. The minimum atomic E-state index is 0.485. The van der Waals surface area contributed by atoms with E-state index in [2.05, 4.69) is 73.1 Å². The van der Waals surface area contributed by atoms with Crippen LogP contribution in [0.25, 0.3) is 0 Å². The minimum absolute atomic E-state index is 0.485. The SMILES string of the molecule is CNC(Cc1ccc(Br)cn1)C(C(C)C)C(C)C. The highest BCUT2D eigenvalue weighted by Gasteiger charge is 2.26. The molecule has 0 aromatic carbocycles. The number of pyridine rings is 1. The molecule has 0 amide bonds. The molecule has 2 nitrogen and oxygen atoms in total. The van der Waals surface area contributed by atoms with Crippen LogP contribution >= 0.6 is 15.9 Å². The molecule has 0 spiro atoms. The molecule has 0 fully saturated rings. The molecule has 3 heteroatoms. The lowest BCUT2D eigenvalue weighted by molar-refractivity contribution is 0.213. The van der Waals surface area contributed by atoms with E-state index in [0.717, 1.165) is 16.6 Å². The Bertz CT molecular complexity index is 338. The van der Waals surface area contributed by atoms with Crippen LogP contribution < -0.4 is 5.32 Å². The molecule has 0 aliphatic rings. The summed E-state index contributed by atoms with van der Waals surface area (Å²) in [5.41, 5.74) is 1.16. The minimum Gasteiger partial charge on any atom is -0.316 e. The number of nitrogens with zero attached hydrogens (tertiary/aromatic N) is 1. The Balaban J connectivity index is 2.79. The maximum absolute atomic E-state index is 4.48. The molecule has 0 radical (unpaired) electrons. The maximum Gasteiger partial charge on any atom is 0.0420 e. The van der Waals surface area contributed by atoms with Crippen LogP contribution in [-0.2, 0) is 6.42 Å². The molecule has 0 aliphatic heterocycles. The Morgan fingerprint density at radius 3 is 2.17 bits per heavy atom. The fourth-order valence-electron chi connectivity index (χ4n) is 2.88. The van der Waals surface area contributed by atoms with Crippen LogP contribution in [-0.4, -0.2) is 18.1 Å². The summed E-state index contributed by atoms with van der Waals surface area (Å²) in [4.78, 5) is 4.48. The van der Waals surface area contributed by atoms with Crippen molar-refractivity contribution in [2.75, 3.05) is 7.05 Å². The van der Waals surface area contributed by atoms with Crippen molar-refractivity contribution >= 4 is 15.9 Å². The van der Waals surface area contributed by atoms with E-state index in [-0.39, 0.29) is 0 Å². The van der Waals surface area contributed by atoms with E-state index < -0.39 is 0 Å². The average molecular weight is 313 g/mol. The molecule has 0 saturated carbocycles. The highest BCUT2D eigenvalue weighted by Crippen LogP contribution is 2.26. The lowest BCUT2D eigenvalue weighted by Gasteiger charge is -2.33. The van der Waals surface area contributed by atoms with E-state index in [1.165, 1.54) is 0 Å². The molecule has 102 valence electrons. The second-order valence-electron chi connectivity index (χ2n) is 5.63. The van der Waals surface area contributed by atoms with Gasteiger partial charge in [-0.05, 0) is 52.9 Å². The fraction of sp³-hybridized carbons (Fsp3) is 0.667. The van der Waals surface area contributed by atoms with E-state index in [4.69, 9.17) is 0 Å². The van der Waals surface area contributed by atoms with Crippen LogP contribution in [0.3, 0.4) is 0 Å². The molecule has 1 rings (SSSR count). The molecular formula is C15H25BrN2. The zero-order valence-corrected chi connectivity index (χ0v) is 13.7. The van der Waals surface area contributed by atoms with Crippen LogP contribution in [0.5, 0.6) is 0 Å². The number of hydrogen-bond acceptors (Lipinski definition) is 2. The first-order valence-corrected chi connectivity index (χ1v) is 7.52. The number of nitrogens with one attached hydrogen (secondary N) is 1. The summed E-state index contributed by atoms with van der Waals surface area (Å²) in [7, 11) is 2.06. The summed E-state index contributed by atoms with van der Waals surface area (Å²) in [5, 5.41) is 3.48. The summed E-state index contributed by atoms with van der Waals surface area (Å²) in [6.07, 6.45) is 2.87. The molecule has 1 N–H and O–H groups in total. The molecule has 1 unspecified atom stereocenters. The molecule has 0 aliphatic carbocycles. The zero-order valence-electron chi connectivity index (χ0n) is 12.1. The predicted molar refractivity (Wildman–Crippen MR) is 81.7 cm³/mol. The number of halogens is 1. The van der Waals surface area contributed by atoms with Crippen molar-refractivity contribution in [3.8, 4) is 0 Å². The van der Waals surface area contributed by atoms with Crippen LogP contribution in [0.15, 0.2) is 22.8 Å². The maximum atomic E-state index is 4.48. The first-order valence-electron chi connectivity index (χ1n) is 6.73. The van der Waals surface area contributed by atoms with Crippen molar-refractivity contribution in [2.24, 2.45) is 17.8 Å². The molecule has 1 aromatic heterocycles. The second kappa shape index (κ2) is 7.25. The van der Waals surface area contributed by atoms with Gasteiger partial charge >= 0.3 is 0 Å². The fourth-order valence-corrected chi connectivity index (χ4v) is 3.12. The molecule has 0 bridgehead atoms. The average Bonchev–Trinajstić information content (AvgIpc) is 2.30. The molecule has 0 saturated heterocycles. The van der Waals surface area contributed by atoms with Crippen molar-refractivity contribution in [3.63, 3.8) is 0 Å². The smallest absolute Gasteiger partial charge is 0.0420 e. The molecular weight excluding hydrogens is 288 g/mol. The third-order valence-corrected chi connectivity index (χ3v) is 4.06. The van der Waals surface area contributed by atoms with Gasteiger partial charge in [-0.25, -0.2) is 0 Å². The largest absolute Gasteiger partial charge is 0.316 e. The standard InChI is InChI=1S/C15H25BrN2/c1-10(2)15(11(3)4)14(17-5)8-13-7-6-12(16)9-18-13/h6-7,9-11,14-15,17H,8H2,1-5H3. The number of likely N-dealkylation sites (N-methyl/N-ethyl adjacent to an activating group) is 1. The van der Waals surface area contributed by atoms with Gasteiger partial charge in [0.1, 0.15) is 0 Å².